The van der Waals surface area contributed by atoms with Crippen molar-refractivity contribution in [2.75, 3.05) is 18.4 Å². The predicted molar refractivity (Wildman–Crippen MR) is 76.7 cm³/mol. The highest BCUT2D eigenvalue weighted by molar-refractivity contribution is 6.08. The number of nitrogens with one attached hydrogen (secondary N) is 2. The Balaban J connectivity index is 2.31. The van der Waals surface area contributed by atoms with E-state index in [1.54, 1.807) is 26.0 Å². The molecule has 0 spiro atoms. The molecule has 2 heterocycles. The van der Waals surface area contributed by atoms with Crippen LogP contribution in [-0.2, 0) is 9.59 Å². The second kappa shape index (κ2) is 5.51. The first kappa shape index (κ1) is 15.0. The number of imide groups is 1. The van der Waals surface area contributed by atoms with E-state index < -0.39 is 17.4 Å². The van der Waals surface area contributed by atoms with Crippen molar-refractivity contribution in [3.05, 3.63) is 23.9 Å². The Kier molecular flexibility index (Phi) is 3.93. The summed E-state index contributed by atoms with van der Waals surface area (Å²) in [6.07, 6.45) is 1.52. The van der Waals surface area contributed by atoms with E-state index in [0.717, 1.165) is 0 Å². The fourth-order valence-corrected chi connectivity index (χ4v) is 2.11. The van der Waals surface area contributed by atoms with Crippen LogP contribution < -0.4 is 10.6 Å². The SMILES string of the molecule is CCNc1cc(C(=O)N2CC(=O)NC(=O)C2(C)C)ccn1. The number of hydrogen-bond donors (Lipinski definition) is 2. The van der Waals surface area contributed by atoms with Gasteiger partial charge in [-0.05, 0) is 32.9 Å². The first-order valence-electron chi connectivity index (χ1n) is 6.72. The van der Waals surface area contributed by atoms with Crippen LogP contribution in [0.15, 0.2) is 18.3 Å². The Labute approximate surface area is 122 Å². The third-order valence-electron chi connectivity index (χ3n) is 3.40. The van der Waals surface area contributed by atoms with Gasteiger partial charge in [0.1, 0.15) is 17.9 Å². The molecular formula is C14H18N4O3. The van der Waals surface area contributed by atoms with Gasteiger partial charge in [0.25, 0.3) is 11.8 Å². The molecule has 0 bridgehead atoms. The number of piperazine rings is 1. The van der Waals surface area contributed by atoms with Gasteiger partial charge in [0.15, 0.2) is 0 Å². The summed E-state index contributed by atoms with van der Waals surface area (Å²) in [5, 5.41) is 5.26. The molecule has 7 heteroatoms. The van der Waals surface area contributed by atoms with E-state index >= 15 is 0 Å². The number of aromatic nitrogens is 1. The predicted octanol–water partition coefficient (Wildman–Crippen LogP) is 0.391. The van der Waals surface area contributed by atoms with Crippen LogP contribution in [0.25, 0.3) is 0 Å². The topological polar surface area (TPSA) is 91.4 Å². The summed E-state index contributed by atoms with van der Waals surface area (Å²) < 4.78 is 0. The molecule has 0 radical (unpaired) electrons. The van der Waals surface area contributed by atoms with Crippen molar-refractivity contribution in [1.29, 1.82) is 0 Å². The highest BCUT2D eigenvalue weighted by Gasteiger charge is 2.43. The fourth-order valence-electron chi connectivity index (χ4n) is 2.11. The molecule has 1 aromatic rings. The zero-order valence-corrected chi connectivity index (χ0v) is 12.3. The summed E-state index contributed by atoms with van der Waals surface area (Å²) in [6, 6.07) is 3.18. The smallest absolute Gasteiger partial charge is 0.255 e. The molecule has 1 saturated heterocycles. The third kappa shape index (κ3) is 2.86. The van der Waals surface area contributed by atoms with E-state index in [2.05, 4.69) is 15.6 Å². The van der Waals surface area contributed by atoms with Crippen molar-refractivity contribution in [3.8, 4) is 0 Å². The lowest BCUT2D eigenvalue weighted by Crippen LogP contribution is -2.65. The Bertz CT molecular complexity index is 598. The van der Waals surface area contributed by atoms with Crippen LogP contribution >= 0.6 is 0 Å². The van der Waals surface area contributed by atoms with Crippen molar-refractivity contribution in [2.45, 2.75) is 26.3 Å². The average molecular weight is 290 g/mol. The lowest BCUT2D eigenvalue weighted by molar-refractivity contribution is -0.143. The van der Waals surface area contributed by atoms with Gasteiger partial charge in [-0.3, -0.25) is 19.7 Å². The molecular weight excluding hydrogens is 272 g/mol. The minimum absolute atomic E-state index is 0.142. The lowest BCUT2D eigenvalue weighted by atomic mass is 9.97. The molecule has 21 heavy (non-hydrogen) atoms. The zero-order valence-electron chi connectivity index (χ0n) is 12.3. The van der Waals surface area contributed by atoms with Gasteiger partial charge in [-0.1, -0.05) is 0 Å². The van der Waals surface area contributed by atoms with Gasteiger partial charge < -0.3 is 10.2 Å². The number of carbonyl (C=O) groups is 3. The summed E-state index contributed by atoms with van der Waals surface area (Å²) in [7, 11) is 0. The summed E-state index contributed by atoms with van der Waals surface area (Å²) in [5.41, 5.74) is -0.691. The van der Waals surface area contributed by atoms with Crippen LogP contribution in [0.1, 0.15) is 31.1 Å². The molecule has 0 unspecified atom stereocenters. The molecule has 112 valence electrons. The zero-order chi connectivity index (χ0) is 15.6. The van der Waals surface area contributed by atoms with Crippen LogP contribution in [0.2, 0.25) is 0 Å². The molecule has 0 aliphatic carbocycles. The number of anilines is 1. The van der Waals surface area contributed by atoms with Crippen LogP contribution in [0.4, 0.5) is 5.82 Å². The standard InChI is InChI=1S/C14H18N4O3/c1-4-15-10-7-9(5-6-16-10)12(20)18-8-11(19)17-13(21)14(18,2)3/h5-7H,4,8H2,1-3H3,(H,15,16)(H,17,19,21). The Morgan fingerprint density at radius 2 is 2.19 bits per heavy atom. The Hall–Kier alpha value is -2.44. The van der Waals surface area contributed by atoms with Gasteiger partial charge in [-0.25, -0.2) is 4.98 Å². The van der Waals surface area contributed by atoms with Crippen LogP contribution in [0.3, 0.4) is 0 Å². The maximum atomic E-state index is 12.6. The normalized spacial score (nSPS) is 17.4. The number of nitrogens with zero attached hydrogens (tertiary/aromatic N) is 2. The van der Waals surface area contributed by atoms with E-state index in [-0.39, 0.29) is 12.5 Å². The van der Waals surface area contributed by atoms with E-state index in [1.165, 1.54) is 11.1 Å². The van der Waals surface area contributed by atoms with Gasteiger partial charge >= 0.3 is 0 Å². The molecule has 3 amide bonds. The van der Waals surface area contributed by atoms with Crippen LogP contribution in [0, 0.1) is 0 Å². The van der Waals surface area contributed by atoms with E-state index in [9.17, 15) is 14.4 Å². The molecule has 2 N–H and O–H groups in total. The number of amides is 3. The number of hydrogen-bond acceptors (Lipinski definition) is 5. The summed E-state index contributed by atoms with van der Waals surface area (Å²) in [4.78, 5) is 41.4. The molecule has 1 aliphatic rings. The maximum absolute atomic E-state index is 12.6. The fraction of sp³-hybridized carbons (Fsp3) is 0.429. The minimum Gasteiger partial charge on any atom is -0.370 e. The molecule has 1 aromatic heterocycles. The summed E-state index contributed by atoms with van der Waals surface area (Å²) in [6.45, 7) is 5.68. The van der Waals surface area contributed by atoms with Crippen LogP contribution in [0.5, 0.6) is 0 Å². The lowest BCUT2D eigenvalue weighted by Gasteiger charge is -2.40. The first-order chi connectivity index (χ1) is 9.86. The summed E-state index contributed by atoms with van der Waals surface area (Å²) >= 11 is 0. The van der Waals surface area contributed by atoms with Gasteiger partial charge in [0.2, 0.25) is 5.91 Å². The van der Waals surface area contributed by atoms with Crippen molar-refractivity contribution in [3.63, 3.8) is 0 Å². The van der Waals surface area contributed by atoms with Crippen molar-refractivity contribution in [1.82, 2.24) is 15.2 Å². The number of rotatable bonds is 3. The molecule has 2 rings (SSSR count). The quantitative estimate of drug-likeness (QED) is 0.786. The molecule has 1 aliphatic heterocycles. The van der Waals surface area contributed by atoms with Gasteiger partial charge in [0, 0.05) is 18.3 Å². The van der Waals surface area contributed by atoms with Gasteiger partial charge in [0.05, 0.1) is 0 Å². The minimum atomic E-state index is -1.08. The third-order valence-corrected chi connectivity index (χ3v) is 3.40. The second-order valence-electron chi connectivity index (χ2n) is 5.29. The monoisotopic (exact) mass is 290 g/mol. The molecule has 0 atom stereocenters. The van der Waals surface area contributed by atoms with E-state index in [4.69, 9.17) is 0 Å². The molecule has 7 nitrogen and oxygen atoms in total. The highest BCUT2D eigenvalue weighted by Crippen LogP contribution is 2.21. The Morgan fingerprint density at radius 3 is 2.86 bits per heavy atom. The number of pyridine rings is 1. The maximum Gasteiger partial charge on any atom is 0.255 e. The average Bonchev–Trinajstić information content (AvgIpc) is 2.43. The van der Waals surface area contributed by atoms with Gasteiger partial charge in [-0.2, -0.15) is 0 Å². The van der Waals surface area contributed by atoms with Crippen LogP contribution in [-0.4, -0.2) is 46.2 Å². The van der Waals surface area contributed by atoms with Gasteiger partial charge in [-0.15, -0.1) is 0 Å². The molecule has 1 fully saturated rings. The van der Waals surface area contributed by atoms with E-state index in [1.807, 2.05) is 6.92 Å². The second-order valence-corrected chi connectivity index (χ2v) is 5.29. The largest absolute Gasteiger partial charge is 0.370 e. The van der Waals surface area contributed by atoms with Crippen molar-refractivity contribution < 1.29 is 14.4 Å². The van der Waals surface area contributed by atoms with Crippen molar-refractivity contribution >= 4 is 23.5 Å². The summed E-state index contributed by atoms with van der Waals surface area (Å²) in [5.74, 6) is -0.750. The number of carbonyl (C=O) groups excluding carboxylic acids is 3. The molecule has 0 aromatic carbocycles. The Morgan fingerprint density at radius 1 is 1.48 bits per heavy atom. The van der Waals surface area contributed by atoms with E-state index in [0.29, 0.717) is 17.9 Å². The first-order valence-corrected chi connectivity index (χ1v) is 6.72. The molecule has 0 saturated carbocycles. The van der Waals surface area contributed by atoms with Crippen molar-refractivity contribution in [2.24, 2.45) is 0 Å². The highest BCUT2D eigenvalue weighted by atomic mass is 16.2.